The number of carbonyl (C=O) groups is 2. The molecule has 4 aromatic rings. The molecule has 0 radical (unpaired) electrons. The molecule has 2 aromatic carbocycles. The Kier molecular flexibility index (Phi) is 8.30. The fourth-order valence-corrected chi connectivity index (χ4v) is 4.34. The standard InChI is InChI=1S/C23H22N6O4S2/c1-32-18-10-6-5-9-17(18)29-19(13-25-20(30)14-33-16-7-3-2-4-8-16)27-28-23(29)35-15-21(31)26-22-24-11-12-34-22/h2-12H,13-15H2,1H3,(H,25,30)(H,24,26,31). The summed E-state index contributed by atoms with van der Waals surface area (Å²) in [6.07, 6.45) is 1.62. The van der Waals surface area contributed by atoms with E-state index in [9.17, 15) is 9.59 Å². The number of para-hydroxylation sites is 3. The molecular weight excluding hydrogens is 488 g/mol. The first kappa shape index (κ1) is 24.2. The van der Waals surface area contributed by atoms with Crippen molar-refractivity contribution in [2.75, 3.05) is 24.8 Å². The summed E-state index contributed by atoms with van der Waals surface area (Å²) in [5.41, 5.74) is 0.688. The molecule has 0 saturated heterocycles. The van der Waals surface area contributed by atoms with Gasteiger partial charge >= 0.3 is 0 Å². The predicted octanol–water partition coefficient (Wildman–Crippen LogP) is 3.16. The summed E-state index contributed by atoms with van der Waals surface area (Å²) < 4.78 is 12.8. The smallest absolute Gasteiger partial charge is 0.258 e. The van der Waals surface area contributed by atoms with Crippen LogP contribution >= 0.6 is 23.1 Å². The molecule has 12 heteroatoms. The Morgan fingerprint density at radius 1 is 1.06 bits per heavy atom. The zero-order chi connectivity index (χ0) is 24.5. The maximum absolute atomic E-state index is 12.4. The van der Waals surface area contributed by atoms with Crippen LogP contribution in [0.2, 0.25) is 0 Å². The van der Waals surface area contributed by atoms with Gasteiger partial charge in [-0.05, 0) is 24.3 Å². The second-order valence-corrected chi connectivity index (χ2v) is 8.80. The molecule has 0 aliphatic rings. The highest BCUT2D eigenvalue weighted by atomic mass is 32.2. The average Bonchev–Trinajstić information content (AvgIpc) is 3.55. The molecule has 0 saturated carbocycles. The molecule has 0 unspecified atom stereocenters. The predicted molar refractivity (Wildman–Crippen MR) is 133 cm³/mol. The molecule has 2 aromatic heterocycles. The van der Waals surface area contributed by atoms with E-state index in [4.69, 9.17) is 9.47 Å². The third-order valence-electron chi connectivity index (χ3n) is 4.59. The van der Waals surface area contributed by atoms with Crippen LogP contribution in [0.25, 0.3) is 5.69 Å². The average molecular weight is 511 g/mol. The number of nitrogens with one attached hydrogen (secondary N) is 2. The van der Waals surface area contributed by atoms with E-state index >= 15 is 0 Å². The molecule has 0 aliphatic carbocycles. The van der Waals surface area contributed by atoms with Crippen molar-refractivity contribution in [1.82, 2.24) is 25.1 Å². The van der Waals surface area contributed by atoms with Crippen molar-refractivity contribution in [3.05, 3.63) is 72.0 Å². The minimum Gasteiger partial charge on any atom is -0.495 e. The van der Waals surface area contributed by atoms with Gasteiger partial charge in [0, 0.05) is 11.6 Å². The normalized spacial score (nSPS) is 10.5. The van der Waals surface area contributed by atoms with Crippen LogP contribution in [0.5, 0.6) is 11.5 Å². The number of anilines is 1. The number of thiazole rings is 1. The molecular formula is C23H22N6O4S2. The van der Waals surface area contributed by atoms with Crippen molar-refractivity contribution in [3.63, 3.8) is 0 Å². The zero-order valence-corrected chi connectivity index (χ0v) is 20.3. The topological polar surface area (TPSA) is 120 Å². The lowest BCUT2D eigenvalue weighted by Crippen LogP contribution is -2.29. The summed E-state index contributed by atoms with van der Waals surface area (Å²) in [6, 6.07) is 16.5. The molecule has 2 N–H and O–H groups in total. The number of benzene rings is 2. The van der Waals surface area contributed by atoms with E-state index in [0.29, 0.717) is 33.3 Å². The fraction of sp³-hybridized carbons (Fsp3) is 0.174. The second-order valence-electron chi connectivity index (χ2n) is 6.96. The molecule has 0 bridgehead atoms. The Labute approximate surface area is 209 Å². The van der Waals surface area contributed by atoms with Crippen molar-refractivity contribution in [2.45, 2.75) is 11.7 Å². The Balaban J connectivity index is 1.46. The van der Waals surface area contributed by atoms with Gasteiger partial charge in [0.25, 0.3) is 5.91 Å². The van der Waals surface area contributed by atoms with Gasteiger partial charge in [0.2, 0.25) is 5.91 Å². The van der Waals surface area contributed by atoms with Gasteiger partial charge in [-0.25, -0.2) is 4.98 Å². The minimum absolute atomic E-state index is 0.101. The lowest BCUT2D eigenvalue weighted by Gasteiger charge is -2.14. The summed E-state index contributed by atoms with van der Waals surface area (Å²) >= 11 is 2.56. The molecule has 0 atom stereocenters. The van der Waals surface area contributed by atoms with Crippen LogP contribution in [-0.2, 0) is 16.1 Å². The van der Waals surface area contributed by atoms with Gasteiger partial charge in [-0.2, -0.15) is 0 Å². The van der Waals surface area contributed by atoms with Crippen LogP contribution < -0.4 is 20.1 Å². The third-order valence-corrected chi connectivity index (χ3v) is 6.21. The van der Waals surface area contributed by atoms with E-state index in [1.165, 1.54) is 23.1 Å². The van der Waals surface area contributed by atoms with Gasteiger partial charge in [-0.15, -0.1) is 21.5 Å². The van der Waals surface area contributed by atoms with Crippen molar-refractivity contribution in [1.29, 1.82) is 0 Å². The lowest BCUT2D eigenvalue weighted by molar-refractivity contribution is -0.123. The maximum Gasteiger partial charge on any atom is 0.258 e. The van der Waals surface area contributed by atoms with Crippen LogP contribution in [0.1, 0.15) is 5.82 Å². The van der Waals surface area contributed by atoms with E-state index in [-0.39, 0.29) is 30.7 Å². The van der Waals surface area contributed by atoms with E-state index in [0.717, 1.165) is 0 Å². The van der Waals surface area contributed by atoms with E-state index in [1.807, 2.05) is 42.5 Å². The van der Waals surface area contributed by atoms with Crippen molar-refractivity contribution < 1.29 is 19.1 Å². The lowest BCUT2D eigenvalue weighted by atomic mass is 10.3. The van der Waals surface area contributed by atoms with Crippen molar-refractivity contribution >= 4 is 40.0 Å². The van der Waals surface area contributed by atoms with Crippen LogP contribution in [0.3, 0.4) is 0 Å². The molecule has 0 spiro atoms. The highest BCUT2D eigenvalue weighted by molar-refractivity contribution is 7.99. The van der Waals surface area contributed by atoms with Crippen LogP contribution in [-0.4, -0.2) is 51.0 Å². The van der Waals surface area contributed by atoms with Crippen molar-refractivity contribution in [3.8, 4) is 17.2 Å². The van der Waals surface area contributed by atoms with E-state index < -0.39 is 0 Å². The van der Waals surface area contributed by atoms with Crippen LogP contribution in [0.15, 0.2) is 71.3 Å². The Morgan fingerprint density at radius 2 is 1.86 bits per heavy atom. The summed E-state index contributed by atoms with van der Waals surface area (Å²) in [4.78, 5) is 28.8. The number of hydrogen-bond donors (Lipinski definition) is 2. The number of aromatic nitrogens is 4. The molecule has 10 nitrogen and oxygen atoms in total. The SMILES string of the molecule is COc1ccccc1-n1c(CNC(=O)COc2ccccc2)nnc1SCC(=O)Nc1nccs1. The van der Waals surface area contributed by atoms with Crippen LogP contribution in [0.4, 0.5) is 5.13 Å². The number of methoxy groups -OCH3 is 1. The number of carbonyl (C=O) groups excluding carboxylic acids is 2. The van der Waals surface area contributed by atoms with Gasteiger partial charge in [-0.1, -0.05) is 42.1 Å². The molecule has 2 heterocycles. The minimum atomic E-state index is -0.305. The molecule has 180 valence electrons. The molecule has 35 heavy (non-hydrogen) atoms. The van der Waals surface area contributed by atoms with Gasteiger partial charge in [-0.3, -0.25) is 14.2 Å². The molecule has 0 aliphatic heterocycles. The van der Waals surface area contributed by atoms with E-state index in [1.54, 1.807) is 35.4 Å². The summed E-state index contributed by atoms with van der Waals surface area (Å²) in [5, 5.41) is 16.8. The Hall–Kier alpha value is -3.90. The largest absolute Gasteiger partial charge is 0.495 e. The monoisotopic (exact) mass is 510 g/mol. The molecule has 2 amide bonds. The highest BCUT2D eigenvalue weighted by Crippen LogP contribution is 2.28. The first-order chi connectivity index (χ1) is 17.1. The van der Waals surface area contributed by atoms with Gasteiger partial charge in [0.15, 0.2) is 22.7 Å². The fourth-order valence-electron chi connectivity index (χ4n) is 3.03. The molecule has 0 fully saturated rings. The number of thioether (sulfide) groups is 1. The second kappa shape index (κ2) is 12.0. The number of ether oxygens (including phenoxy) is 2. The number of nitrogens with zero attached hydrogens (tertiary/aromatic N) is 4. The quantitative estimate of drug-likeness (QED) is 0.295. The Morgan fingerprint density at radius 3 is 2.63 bits per heavy atom. The van der Waals surface area contributed by atoms with Gasteiger partial charge in [0.05, 0.1) is 25.1 Å². The van der Waals surface area contributed by atoms with Gasteiger partial charge < -0.3 is 20.1 Å². The summed E-state index contributed by atoms with van der Waals surface area (Å²) in [6.45, 7) is -0.0285. The number of amides is 2. The summed E-state index contributed by atoms with van der Waals surface area (Å²) in [5.74, 6) is 1.26. The van der Waals surface area contributed by atoms with Crippen LogP contribution in [0, 0.1) is 0 Å². The first-order valence-corrected chi connectivity index (χ1v) is 12.3. The third kappa shape index (κ3) is 6.58. The van der Waals surface area contributed by atoms with Gasteiger partial charge in [0.1, 0.15) is 11.5 Å². The number of rotatable bonds is 11. The highest BCUT2D eigenvalue weighted by Gasteiger charge is 2.19. The first-order valence-electron chi connectivity index (χ1n) is 10.5. The van der Waals surface area contributed by atoms with Crippen molar-refractivity contribution in [2.24, 2.45) is 0 Å². The Bertz CT molecular complexity index is 1260. The summed E-state index contributed by atoms with van der Waals surface area (Å²) in [7, 11) is 1.57. The van der Waals surface area contributed by atoms with E-state index in [2.05, 4.69) is 25.8 Å². The zero-order valence-electron chi connectivity index (χ0n) is 18.7. The molecule has 4 rings (SSSR count). The number of hydrogen-bond acceptors (Lipinski definition) is 9. The maximum atomic E-state index is 12.4.